The first kappa shape index (κ1) is 19.7. The van der Waals surface area contributed by atoms with E-state index in [1.807, 2.05) is 13.8 Å². The number of anilines is 1. The van der Waals surface area contributed by atoms with E-state index in [1.165, 1.54) is 18.2 Å². The minimum absolute atomic E-state index is 0.217. The first-order chi connectivity index (χ1) is 12.4. The molecule has 0 bridgehead atoms. The van der Waals surface area contributed by atoms with Crippen molar-refractivity contribution in [2.75, 3.05) is 11.9 Å². The summed E-state index contributed by atoms with van der Waals surface area (Å²) in [6.45, 7) is 4.17. The molecule has 0 atom stereocenters. The van der Waals surface area contributed by atoms with Crippen molar-refractivity contribution in [3.8, 4) is 0 Å². The van der Waals surface area contributed by atoms with Gasteiger partial charge < -0.3 is 10.1 Å². The van der Waals surface area contributed by atoms with Crippen molar-refractivity contribution in [3.63, 3.8) is 0 Å². The topological polar surface area (TPSA) is 72.5 Å². The smallest absolute Gasteiger partial charge is 0.338 e. The van der Waals surface area contributed by atoms with E-state index in [4.69, 9.17) is 16.3 Å². The number of esters is 1. The number of ketones is 1. The lowest BCUT2D eigenvalue weighted by Crippen LogP contribution is -2.17. The molecule has 0 saturated carbocycles. The number of rotatable bonds is 7. The summed E-state index contributed by atoms with van der Waals surface area (Å²) in [5.41, 5.74) is 0.996. The molecule has 136 valence electrons. The van der Waals surface area contributed by atoms with Crippen LogP contribution in [0.4, 0.5) is 5.69 Å². The minimum atomic E-state index is -0.506. The summed E-state index contributed by atoms with van der Waals surface area (Å²) in [6.07, 6.45) is -0.317. The van der Waals surface area contributed by atoms with Crippen molar-refractivity contribution in [2.45, 2.75) is 20.3 Å². The zero-order valence-electron chi connectivity index (χ0n) is 14.6. The average molecular weight is 374 g/mol. The number of carbonyl (C=O) groups is 3. The van der Waals surface area contributed by atoms with Gasteiger partial charge in [-0.3, -0.25) is 9.59 Å². The summed E-state index contributed by atoms with van der Waals surface area (Å²) in [4.78, 5) is 36.3. The van der Waals surface area contributed by atoms with Crippen LogP contribution in [0.15, 0.2) is 48.5 Å². The van der Waals surface area contributed by atoms with Gasteiger partial charge in [0.25, 0.3) is 0 Å². The zero-order valence-corrected chi connectivity index (χ0v) is 15.4. The normalized spacial score (nSPS) is 10.5. The van der Waals surface area contributed by atoms with E-state index in [0.29, 0.717) is 12.2 Å². The van der Waals surface area contributed by atoms with Crippen LogP contribution in [0.3, 0.4) is 0 Å². The van der Waals surface area contributed by atoms with Crippen LogP contribution in [-0.2, 0) is 9.53 Å². The zero-order chi connectivity index (χ0) is 19.1. The number of carbonyl (C=O) groups excluding carboxylic acids is 3. The lowest BCUT2D eigenvalue weighted by molar-refractivity contribution is -0.115. The Kier molecular flexibility index (Phi) is 6.92. The molecule has 5 nitrogen and oxygen atoms in total. The molecule has 1 N–H and O–H groups in total. The van der Waals surface area contributed by atoms with Crippen molar-refractivity contribution in [3.05, 3.63) is 64.7 Å². The number of amides is 1. The SMILES string of the molecule is CC(C)COC(=O)c1ccc(Cl)c(NC(=O)CC(=O)c2ccccc2)c1. The van der Waals surface area contributed by atoms with Crippen LogP contribution < -0.4 is 5.32 Å². The van der Waals surface area contributed by atoms with Crippen molar-refractivity contribution in [2.24, 2.45) is 5.92 Å². The number of benzene rings is 2. The standard InChI is InChI=1S/C20H20ClNO4/c1-13(2)12-26-20(25)15-8-9-16(21)17(10-15)22-19(24)11-18(23)14-6-4-3-5-7-14/h3-10,13H,11-12H2,1-2H3,(H,22,24). The number of Topliss-reactive ketones (excluding diaryl/α,β-unsaturated/α-hetero) is 1. The van der Waals surface area contributed by atoms with Gasteiger partial charge in [-0.2, -0.15) is 0 Å². The van der Waals surface area contributed by atoms with Gasteiger partial charge in [0.15, 0.2) is 5.78 Å². The van der Waals surface area contributed by atoms with Crippen molar-refractivity contribution < 1.29 is 19.1 Å². The maximum atomic E-state index is 12.1. The molecule has 0 aliphatic carbocycles. The second kappa shape index (κ2) is 9.15. The maximum absolute atomic E-state index is 12.1. The van der Waals surface area contributed by atoms with Crippen molar-refractivity contribution in [1.82, 2.24) is 0 Å². The largest absolute Gasteiger partial charge is 0.462 e. The molecule has 0 spiro atoms. The Morgan fingerprint density at radius 1 is 1.04 bits per heavy atom. The predicted molar refractivity (Wildman–Crippen MR) is 101 cm³/mol. The first-order valence-corrected chi connectivity index (χ1v) is 8.59. The highest BCUT2D eigenvalue weighted by atomic mass is 35.5. The van der Waals surface area contributed by atoms with E-state index in [2.05, 4.69) is 5.32 Å². The Hall–Kier alpha value is -2.66. The van der Waals surface area contributed by atoms with Crippen LogP contribution in [0.2, 0.25) is 5.02 Å². The molecule has 0 saturated heterocycles. The number of halogens is 1. The third-order valence-electron chi connectivity index (χ3n) is 3.44. The number of hydrogen-bond acceptors (Lipinski definition) is 4. The molecule has 0 heterocycles. The van der Waals surface area contributed by atoms with E-state index in [9.17, 15) is 14.4 Å². The number of nitrogens with one attached hydrogen (secondary N) is 1. The van der Waals surface area contributed by atoms with Crippen LogP contribution in [0.25, 0.3) is 0 Å². The highest BCUT2D eigenvalue weighted by molar-refractivity contribution is 6.34. The average Bonchev–Trinajstić information content (AvgIpc) is 2.62. The highest BCUT2D eigenvalue weighted by Gasteiger charge is 2.15. The predicted octanol–water partition coefficient (Wildman–Crippen LogP) is 4.36. The van der Waals surface area contributed by atoms with Gasteiger partial charge in [0, 0.05) is 5.56 Å². The fourth-order valence-corrected chi connectivity index (χ4v) is 2.30. The van der Waals surface area contributed by atoms with E-state index in [-0.39, 0.29) is 34.4 Å². The van der Waals surface area contributed by atoms with E-state index >= 15 is 0 Å². The molecule has 0 aliphatic heterocycles. The van der Waals surface area contributed by atoms with Crippen molar-refractivity contribution in [1.29, 1.82) is 0 Å². The Bertz CT molecular complexity index is 803. The van der Waals surface area contributed by atoms with E-state index in [0.717, 1.165) is 0 Å². The molecule has 0 aliphatic rings. The summed E-state index contributed by atoms with van der Waals surface area (Å²) >= 11 is 6.07. The number of ether oxygens (including phenoxy) is 1. The Morgan fingerprint density at radius 2 is 1.73 bits per heavy atom. The summed E-state index contributed by atoms with van der Waals surface area (Å²) in [5, 5.41) is 2.84. The summed E-state index contributed by atoms with van der Waals surface area (Å²) in [5.74, 6) is -1.08. The fraction of sp³-hybridized carbons (Fsp3) is 0.250. The first-order valence-electron chi connectivity index (χ1n) is 8.21. The Labute approximate surface area is 157 Å². The molecule has 2 aromatic rings. The van der Waals surface area contributed by atoms with Crippen LogP contribution in [0, 0.1) is 5.92 Å². The third kappa shape index (κ3) is 5.70. The molecule has 0 fully saturated rings. The van der Waals surface area contributed by atoms with Gasteiger partial charge >= 0.3 is 5.97 Å². The van der Waals surface area contributed by atoms with Crippen LogP contribution in [0.5, 0.6) is 0 Å². The molecule has 26 heavy (non-hydrogen) atoms. The van der Waals surface area contributed by atoms with Crippen LogP contribution >= 0.6 is 11.6 Å². The van der Waals surface area contributed by atoms with E-state index in [1.54, 1.807) is 30.3 Å². The van der Waals surface area contributed by atoms with Gasteiger partial charge in [0.1, 0.15) is 0 Å². The lowest BCUT2D eigenvalue weighted by atomic mass is 10.1. The lowest BCUT2D eigenvalue weighted by Gasteiger charge is -2.10. The molecular formula is C20H20ClNO4. The molecule has 2 rings (SSSR count). The Morgan fingerprint density at radius 3 is 2.38 bits per heavy atom. The van der Waals surface area contributed by atoms with Gasteiger partial charge in [-0.15, -0.1) is 0 Å². The second-order valence-electron chi connectivity index (χ2n) is 6.20. The van der Waals surface area contributed by atoms with Gasteiger partial charge in [-0.05, 0) is 24.1 Å². The summed E-state index contributed by atoms with van der Waals surface area (Å²) in [7, 11) is 0. The van der Waals surface area contributed by atoms with Gasteiger partial charge in [0.05, 0.1) is 29.3 Å². The van der Waals surface area contributed by atoms with Crippen molar-refractivity contribution >= 4 is 34.9 Å². The molecule has 0 radical (unpaired) electrons. The fourth-order valence-electron chi connectivity index (χ4n) is 2.14. The minimum Gasteiger partial charge on any atom is -0.462 e. The number of hydrogen-bond donors (Lipinski definition) is 1. The molecule has 0 unspecified atom stereocenters. The summed E-state index contributed by atoms with van der Waals surface area (Å²) < 4.78 is 5.16. The third-order valence-corrected chi connectivity index (χ3v) is 3.77. The molecule has 0 aromatic heterocycles. The molecule has 2 aromatic carbocycles. The maximum Gasteiger partial charge on any atom is 0.338 e. The Balaban J connectivity index is 2.04. The van der Waals surface area contributed by atoms with Gasteiger partial charge in [0.2, 0.25) is 5.91 Å². The summed E-state index contributed by atoms with van der Waals surface area (Å²) in [6, 6.07) is 13.0. The van der Waals surface area contributed by atoms with Crippen LogP contribution in [0.1, 0.15) is 41.0 Å². The molecular weight excluding hydrogens is 354 g/mol. The molecule has 6 heteroatoms. The van der Waals surface area contributed by atoms with Crippen LogP contribution in [-0.4, -0.2) is 24.3 Å². The monoisotopic (exact) mass is 373 g/mol. The molecule has 1 amide bonds. The van der Waals surface area contributed by atoms with E-state index < -0.39 is 11.9 Å². The highest BCUT2D eigenvalue weighted by Crippen LogP contribution is 2.24. The van der Waals surface area contributed by atoms with Gasteiger partial charge in [-0.25, -0.2) is 4.79 Å². The quantitative estimate of drug-likeness (QED) is 0.444. The van der Waals surface area contributed by atoms with Gasteiger partial charge in [-0.1, -0.05) is 55.8 Å². The second-order valence-corrected chi connectivity index (χ2v) is 6.61.